The molecule has 177 valence electrons. The molecule has 1 radical (unpaired) electrons. The van der Waals surface area contributed by atoms with Gasteiger partial charge in [0, 0.05) is 23.8 Å². The molecule has 3 aromatic rings. The molecule has 0 N–H and O–H groups in total. The van der Waals surface area contributed by atoms with Gasteiger partial charge in [0.15, 0.2) is 13.6 Å². The van der Waals surface area contributed by atoms with Gasteiger partial charge in [-0.1, -0.05) is 12.1 Å². The Bertz CT molecular complexity index is 1230. The summed E-state index contributed by atoms with van der Waals surface area (Å²) in [4.78, 5) is 26.8. The van der Waals surface area contributed by atoms with Crippen molar-refractivity contribution in [3.8, 4) is 28.7 Å². The molecular formula is C25H24O8P. The van der Waals surface area contributed by atoms with Crippen molar-refractivity contribution < 1.29 is 37.8 Å². The summed E-state index contributed by atoms with van der Waals surface area (Å²) in [6.45, 7) is 0. The first-order valence-corrected chi connectivity index (χ1v) is 11.3. The van der Waals surface area contributed by atoms with Gasteiger partial charge in [-0.15, -0.1) is 0 Å². The summed E-state index contributed by atoms with van der Waals surface area (Å²) in [5, 5.41) is 0.0882. The Hall–Kier alpha value is -3.90. The van der Waals surface area contributed by atoms with Crippen molar-refractivity contribution in [2.24, 2.45) is 0 Å². The minimum atomic E-state index is -2.71. The summed E-state index contributed by atoms with van der Waals surface area (Å²) in [7, 11) is 4.45. The van der Waals surface area contributed by atoms with Crippen molar-refractivity contribution in [3.63, 3.8) is 0 Å². The van der Waals surface area contributed by atoms with E-state index in [1.807, 2.05) is 0 Å². The van der Waals surface area contributed by atoms with E-state index in [9.17, 15) is 14.2 Å². The quantitative estimate of drug-likeness (QED) is 0.312. The number of benzene rings is 3. The minimum absolute atomic E-state index is 0.00353. The van der Waals surface area contributed by atoms with Crippen LogP contribution in [0.2, 0.25) is 0 Å². The SMILES string of the molecule is COc1ccc(C(=O)c2ccccc2[P](=O)C(=O)c2c(OC)cc(OC)cc2OC)c(OC)c1. The molecule has 0 spiro atoms. The molecule has 0 saturated heterocycles. The van der Waals surface area contributed by atoms with Crippen LogP contribution in [0.3, 0.4) is 0 Å². The van der Waals surface area contributed by atoms with Crippen LogP contribution in [0.5, 0.6) is 28.7 Å². The van der Waals surface area contributed by atoms with Gasteiger partial charge < -0.3 is 23.7 Å². The number of ketones is 1. The van der Waals surface area contributed by atoms with E-state index in [4.69, 9.17) is 23.7 Å². The van der Waals surface area contributed by atoms with E-state index in [2.05, 4.69) is 0 Å². The molecule has 0 aliphatic rings. The monoisotopic (exact) mass is 483 g/mol. The molecule has 8 nitrogen and oxygen atoms in total. The fourth-order valence-corrected chi connectivity index (χ4v) is 4.66. The van der Waals surface area contributed by atoms with Crippen LogP contribution >= 0.6 is 7.80 Å². The zero-order valence-electron chi connectivity index (χ0n) is 19.4. The maximum Gasteiger partial charge on any atom is 0.254 e. The van der Waals surface area contributed by atoms with Gasteiger partial charge in [-0.25, -0.2) is 0 Å². The number of hydrogen-bond donors (Lipinski definition) is 0. The predicted molar refractivity (Wildman–Crippen MR) is 127 cm³/mol. The first-order chi connectivity index (χ1) is 16.4. The molecule has 3 aromatic carbocycles. The zero-order valence-corrected chi connectivity index (χ0v) is 20.3. The third-order valence-corrected chi connectivity index (χ3v) is 6.55. The van der Waals surface area contributed by atoms with E-state index < -0.39 is 19.1 Å². The van der Waals surface area contributed by atoms with Crippen LogP contribution < -0.4 is 29.0 Å². The van der Waals surface area contributed by atoms with Crippen molar-refractivity contribution in [1.29, 1.82) is 0 Å². The lowest BCUT2D eigenvalue weighted by atomic mass is 10.0. The second-order valence-corrected chi connectivity index (χ2v) is 8.40. The second kappa shape index (κ2) is 10.8. The maximum atomic E-state index is 13.5. The average molecular weight is 483 g/mol. The van der Waals surface area contributed by atoms with E-state index in [0.29, 0.717) is 17.2 Å². The molecule has 9 heteroatoms. The highest BCUT2D eigenvalue weighted by Crippen LogP contribution is 2.40. The Morgan fingerprint density at radius 3 is 1.76 bits per heavy atom. The molecule has 1 unspecified atom stereocenters. The lowest BCUT2D eigenvalue weighted by Crippen LogP contribution is -2.17. The van der Waals surface area contributed by atoms with Gasteiger partial charge in [0.2, 0.25) is 0 Å². The van der Waals surface area contributed by atoms with Crippen molar-refractivity contribution in [3.05, 3.63) is 71.3 Å². The molecule has 0 aliphatic heterocycles. The van der Waals surface area contributed by atoms with Gasteiger partial charge in [-0.2, -0.15) is 0 Å². The first kappa shape index (κ1) is 24.7. The van der Waals surface area contributed by atoms with Gasteiger partial charge in [-0.3, -0.25) is 14.2 Å². The average Bonchev–Trinajstić information content (AvgIpc) is 2.90. The molecule has 0 aliphatic carbocycles. The van der Waals surface area contributed by atoms with E-state index in [-0.39, 0.29) is 33.5 Å². The van der Waals surface area contributed by atoms with Crippen molar-refractivity contribution in [1.82, 2.24) is 0 Å². The highest BCUT2D eigenvalue weighted by Gasteiger charge is 2.30. The van der Waals surface area contributed by atoms with E-state index in [0.717, 1.165) is 0 Å². The normalized spacial score (nSPS) is 10.8. The Morgan fingerprint density at radius 1 is 0.647 bits per heavy atom. The molecule has 1 atom stereocenters. The van der Waals surface area contributed by atoms with Crippen LogP contribution in [0, 0.1) is 0 Å². The van der Waals surface area contributed by atoms with Crippen LogP contribution in [0.4, 0.5) is 0 Å². The van der Waals surface area contributed by atoms with Gasteiger partial charge in [0.05, 0.1) is 46.4 Å². The number of ether oxygens (including phenoxy) is 5. The summed E-state index contributed by atoms with van der Waals surface area (Å²) < 4.78 is 39.9. The van der Waals surface area contributed by atoms with Crippen LogP contribution in [0.15, 0.2) is 54.6 Å². The fraction of sp³-hybridized carbons (Fsp3) is 0.200. The van der Waals surface area contributed by atoms with Gasteiger partial charge in [0.25, 0.3) is 5.52 Å². The lowest BCUT2D eigenvalue weighted by molar-refractivity contribution is 0.103. The largest absolute Gasteiger partial charge is 0.497 e. The molecule has 0 bridgehead atoms. The van der Waals surface area contributed by atoms with Gasteiger partial charge in [0.1, 0.15) is 34.3 Å². The van der Waals surface area contributed by atoms with E-state index in [1.165, 1.54) is 59.8 Å². The Labute approximate surface area is 198 Å². The molecule has 3 rings (SSSR count). The van der Waals surface area contributed by atoms with Crippen LogP contribution in [-0.2, 0) is 4.57 Å². The summed E-state index contributed by atoms with van der Waals surface area (Å²) in [5.74, 6) is 1.05. The first-order valence-electron chi connectivity index (χ1n) is 10.1. The molecular weight excluding hydrogens is 459 g/mol. The maximum absolute atomic E-state index is 13.5. The number of rotatable bonds is 10. The van der Waals surface area contributed by atoms with Crippen LogP contribution in [0.25, 0.3) is 0 Å². The summed E-state index contributed by atoms with van der Waals surface area (Å²) in [6.07, 6.45) is 0. The summed E-state index contributed by atoms with van der Waals surface area (Å²) in [6, 6.07) is 14.0. The van der Waals surface area contributed by atoms with Crippen molar-refractivity contribution in [2.45, 2.75) is 0 Å². The molecule has 34 heavy (non-hydrogen) atoms. The number of carbonyl (C=O) groups excluding carboxylic acids is 2. The van der Waals surface area contributed by atoms with Crippen LogP contribution in [0.1, 0.15) is 26.3 Å². The standard InChI is InChI=1S/C25H24O8P/c1-29-15-10-11-17(19(12-15)31-3)24(26)18-8-6-7-9-22(18)34(28)25(27)23-20(32-4)13-16(30-2)14-21(23)33-5/h6-14H,1-5H3. The Morgan fingerprint density at radius 2 is 1.21 bits per heavy atom. The van der Waals surface area contributed by atoms with Crippen LogP contribution in [-0.4, -0.2) is 46.9 Å². The smallest absolute Gasteiger partial charge is 0.254 e. The van der Waals surface area contributed by atoms with E-state index >= 15 is 0 Å². The second-order valence-electron chi connectivity index (χ2n) is 6.92. The lowest BCUT2D eigenvalue weighted by Gasteiger charge is -2.15. The third-order valence-electron chi connectivity index (χ3n) is 5.13. The zero-order chi connectivity index (χ0) is 24.8. The molecule has 0 aromatic heterocycles. The van der Waals surface area contributed by atoms with Crippen molar-refractivity contribution >= 4 is 24.4 Å². The highest BCUT2D eigenvalue weighted by atomic mass is 31.1. The minimum Gasteiger partial charge on any atom is -0.497 e. The molecule has 0 saturated carbocycles. The molecule has 0 amide bonds. The fourth-order valence-electron chi connectivity index (χ4n) is 3.40. The third kappa shape index (κ3) is 4.72. The van der Waals surface area contributed by atoms with Gasteiger partial charge >= 0.3 is 0 Å². The highest BCUT2D eigenvalue weighted by molar-refractivity contribution is 7.71. The number of hydrogen-bond acceptors (Lipinski definition) is 8. The summed E-state index contributed by atoms with van der Waals surface area (Å²) >= 11 is 0. The van der Waals surface area contributed by atoms with E-state index in [1.54, 1.807) is 30.3 Å². The molecule has 0 heterocycles. The Balaban J connectivity index is 2.08. The Kier molecular flexibility index (Phi) is 7.87. The summed E-state index contributed by atoms with van der Waals surface area (Å²) in [5.41, 5.74) is -0.387. The van der Waals surface area contributed by atoms with Crippen molar-refractivity contribution in [2.75, 3.05) is 35.5 Å². The number of methoxy groups -OCH3 is 5. The van der Waals surface area contributed by atoms with Gasteiger partial charge in [-0.05, 0) is 24.3 Å². The number of carbonyl (C=O) groups is 2. The predicted octanol–water partition coefficient (Wildman–Crippen LogP) is 4.25. The molecule has 0 fully saturated rings. The topological polar surface area (TPSA) is 97.4 Å².